The summed E-state index contributed by atoms with van der Waals surface area (Å²) in [7, 11) is 0. The number of aryl methyl sites for hydroxylation is 1. The predicted molar refractivity (Wildman–Crippen MR) is 118 cm³/mol. The number of amides is 3. The number of hydrogen-bond donors (Lipinski definition) is 2. The number of nitrogens with one attached hydrogen (secondary N) is 2. The van der Waals surface area contributed by atoms with Crippen LogP contribution >= 0.6 is 0 Å². The molecule has 0 bridgehead atoms. The SMILES string of the molecule is CCOc1ccccc1[C@H]1NC(=O)N(CC(=O)Nc2ccc(CC)cc2)C2=C1C(=O)OC2. The Morgan fingerprint density at radius 3 is 2.62 bits per heavy atom. The summed E-state index contributed by atoms with van der Waals surface area (Å²) in [5.74, 6) is -0.311. The summed E-state index contributed by atoms with van der Waals surface area (Å²) in [4.78, 5) is 39.4. The Kier molecular flexibility index (Phi) is 6.11. The first-order valence-corrected chi connectivity index (χ1v) is 10.6. The van der Waals surface area contributed by atoms with Gasteiger partial charge in [-0.05, 0) is 37.1 Å². The molecule has 0 unspecified atom stereocenters. The number of nitrogens with zero attached hydrogens (tertiary/aromatic N) is 1. The molecule has 0 aliphatic carbocycles. The number of benzene rings is 2. The number of hydrogen-bond acceptors (Lipinski definition) is 5. The van der Waals surface area contributed by atoms with Gasteiger partial charge in [0.2, 0.25) is 5.91 Å². The second-order valence-electron chi connectivity index (χ2n) is 7.47. The zero-order valence-electron chi connectivity index (χ0n) is 18.0. The number of rotatable bonds is 7. The number of para-hydroxylation sites is 1. The first-order chi connectivity index (χ1) is 15.5. The minimum absolute atomic E-state index is 0.0621. The van der Waals surface area contributed by atoms with Crippen molar-refractivity contribution in [2.45, 2.75) is 26.3 Å². The standard InChI is InChI=1S/C24H25N3O5/c1-3-15-9-11-16(12-10-15)25-20(28)13-27-18-14-32-23(29)21(18)22(26-24(27)30)17-7-5-6-8-19(17)31-4-2/h5-12,22H,3-4,13-14H2,1-2H3,(H,25,28)(H,26,30)/t22-/m1/s1. The van der Waals surface area contributed by atoms with Crippen molar-refractivity contribution in [2.75, 3.05) is 25.1 Å². The van der Waals surface area contributed by atoms with Crippen LogP contribution in [0.5, 0.6) is 5.75 Å². The monoisotopic (exact) mass is 435 g/mol. The fourth-order valence-corrected chi connectivity index (χ4v) is 3.89. The van der Waals surface area contributed by atoms with Gasteiger partial charge >= 0.3 is 12.0 Å². The second-order valence-corrected chi connectivity index (χ2v) is 7.47. The first-order valence-electron chi connectivity index (χ1n) is 10.6. The Labute approximate surface area is 186 Å². The molecule has 2 aliphatic heterocycles. The Morgan fingerprint density at radius 2 is 1.91 bits per heavy atom. The van der Waals surface area contributed by atoms with E-state index < -0.39 is 18.0 Å². The van der Waals surface area contributed by atoms with E-state index in [1.54, 1.807) is 12.1 Å². The van der Waals surface area contributed by atoms with Gasteiger partial charge in [0.15, 0.2) is 0 Å². The third kappa shape index (κ3) is 4.16. The Morgan fingerprint density at radius 1 is 1.16 bits per heavy atom. The summed E-state index contributed by atoms with van der Waals surface area (Å²) in [6.45, 7) is 4.06. The van der Waals surface area contributed by atoms with Gasteiger partial charge in [-0.3, -0.25) is 9.69 Å². The first kappa shape index (κ1) is 21.4. The summed E-state index contributed by atoms with van der Waals surface area (Å²) >= 11 is 0. The molecule has 32 heavy (non-hydrogen) atoms. The average molecular weight is 435 g/mol. The van der Waals surface area contributed by atoms with E-state index in [0.29, 0.717) is 34.9 Å². The van der Waals surface area contributed by atoms with E-state index in [4.69, 9.17) is 9.47 Å². The molecule has 0 saturated heterocycles. The highest BCUT2D eigenvalue weighted by Crippen LogP contribution is 2.38. The molecule has 2 aromatic rings. The van der Waals surface area contributed by atoms with Crippen LogP contribution < -0.4 is 15.4 Å². The summed E-state index contributed by atoms with van der Waals surface area (Å²) in [6.07, 6.45) is 0.903. The molecule has 2 aliphatic rings. The van der Waals surface area contributed by atoms with Gasteiger partial charge in [-0.1, -0.05) is 37.3 Å². The van der Waals surface area contributed by atoms with Crippen LogP contribution in [0.15, 0.2) is 59.8 Å². The molecule has 4 rings (SSSR count). The highest BCUT2D eigenvalue weighted by atomic mass is 16.5. The van der Waals surface area contributed by atoms with Crippen molar-refractivity contribution >= 4 is 23.6 Å². The van der Waals surface area contributed by atoms with E-state index in [-0.39, 0.29) is 19.1 Å². The zero-order valence-corrected chi connectivity index (χ0v) is 18.0. The number of carbonyl (C=O) groups excluding carboxylic acids is 3. The fourth-order valence-electron chi connectivity index (χ4n) is 3.89. The molecule has 166 valence electrons. The lowest BCUT2D eigenvalue weighted by Crippen LogP contribution is -2.49. The Balaban J connectivity index is 1.58. The largest absolute Gasteiger partial charge is 0.494 e. The highest BCUT2D eigenvalue weighted by molar-refractivity contribution is 6.00. The van der Waals surface area contributed by atoms with Gasteiger partial charge in [-0.2, -0.15) is 0 Å². The van der Waals surface area contributed by atoms with Crippen molar-refractivity contribution in [3.05, 3.63) is 70.9 Å². The average Bonchev–Trinajstić information content (AvgIpc) is 3.18. The molecule has 8 heteroatoms. The molecule has 2 N–H and O–H groups in total. The van der Waals surface area contributed by atoms with Gasteiger partial charge in [-0.15, -0.1) is 0 Å². The molecule has 2 heterocycles. The highest BCUT2D eigenvalue weighted by Gasteiger charge is 2.43. The van der Waals surface area contributed by atoms with Crippen molar-refractivity contribution in [3.63, 3.8) is 0 Å². The van der Waals surface area contributed by atoms with Crippen molar-refractivity contribution < 1.29 is 23.9 Å². The van der Waals surface area contributed by atoms with Crippen LogP contribution in [0.1, 0.15) is 31.0 Å². The minimum atomic E-state index is -0.712. The third-order valence-electron chi connectivity index (χ3n) is 5.48. The molecule has 3 amide bonds. The molecule has 0 saturated carbocycles. The van der Waals surface area contributed by atoms with E-state index >= 15 is 0 Å². The van der Waals surface area contributed by atoms with Crippen molar-refractivity contribution in [2.24, 2.45) is 0 Å². The molecule has 8 nitrogen and oxygen atoms in total. The maximum Gasteiger partial charge on any atom is 0.338 e. The van der Waals surface area contributed by atoms with Crippen LogP contribution in [-0.4, -0.2) is 42.6 Å². The summed E-state index contributed by atoms with van der Waals surface area (Å²) in [5, 5.41) is 5.63. The van der Waals surface area contributed by atoms with Crippen LogP contribution in [0.4, 0.5) is 10.5 Å². The number of urea groups is 1. The van der Waals surface area contributed by atoms with Gasteiger partial charge in [0.05, 0.1) is 23.9 Å². The molecular weight excluding hydrogens is 410 g/mol. The van der Waals surface area contributed by atoms with Crippen LogP contribution in [0.3, 0.4) is 0 Å². The minimum Gasteiger partial charge on any atom is -0.494 e. The molecular formula is C24H25N3O5. The molecule has 0 radical (unpaired) electrons. The number of ether oxygens (including phenoxy) is 2. The normalized spacial score (nSPS) is 17.6. The lowest BCUT2D eigenvalue weighted by Gasteiger charge is -2.33. The van der Waals surface area contributed by atoms with Crippen LogP contribution in [0, 0.1) is 0 Å². The van der Waals surface area contributed by atoms with E-state index in [2.05, 4.69) is 17.6 Å². The topological polar surface area (TPSA) is 97.0 Å². The molecule has 0 fully saturated rings. The lowest BCUT2D eigenvalue weighted by molar-refractivity contribution is -0.136. The molecule has 2 aromatic carbocycles. The fraction of sp³-hybridized carbons (Fsp3) is 0.292. The van der Waals surface area contributed by atoms with E-state index in [1.165, 1.54) is 4.90 Å². The number of anilines is 1. The van der Waals surface area contributed by atoms with Gasteiger partial charge < -0.3 is 20.1 Å². The number of esters is 1. The lowest BCUT2D eigenvalue weighted by atomic mass is 9.95. The molecule has 0 aromatic heterocycles. The second kappa shape index (κ2) is 9.13. The Hall–Kier alpha value is -3.81. The third-order valence-corrected chi connectivity index (χ3v) is 5.48. The smallest absolute Gasteiger partial charge is 0.338 e. The van der Waals surface area contributed by atoms with Gasteiger partial charge in [0.25, 0.3) is 0 Å². The van der Waals surface area contributed by atoms with Gasteiger partial charge in [0, 0.05) is 11.3 Å². The summed E-state index contributed by atoms with van der Waals surface area (Å²) < 4.78 is 10.9. The van der Waals surface area contributed by atoms with Gasteiger partial charge in [-0.25, -0.2) is 9.59 Å². The number of cyclic esters (lactones) is 1. The molecule has 1 atom stereocenters. The van der Waals surface area contributed by atoms with Crippen LogP contribution in [0.25, 0.3) is 0 Å². The van der Waals surface area contributed by atoms with Crippen molar-refractivity contribution in [1.29, 1.82) is 0 Å². The van der Waals surface area contributed by atoms with Crippen molar-refractivity contribution in [1.82, 2.24) is 10.2 Å². The van der Waals surface area contributed by atoms with Crippen LogP contribution in [-0.2, 0) is 20.7 Å². The van der Waals surface area contributed by atoms with Crippen molar-refractivity contribution in [3.8, 4) is 5.75 Å². The quantitative estimate of drug-likeness (QED) is 0.651. The maximum absolute atomic E-state index is 13.0. The van der Waals surface area contributed by atoms with E-state index in [0.717, 1.165) is 12.0 Å². The van der Waals surface area contributed by atoms with E-state index in [1.807, 2.05) is 43.3 Å². The molecule has 0 spiro atoms. The number of carbonyl (C=O) groups is 3. The summed E-state index contributed by atoms with van der Waals surface area (Å²) in [5.41, 5.74) is 3.17. The summed E-state index contributed by atoms with van der Waals surface area (Å²) in [6, 6.07) is 13.6. The predicted octanol–water partition coefficient (Wildman–Crippen LogP) is 3.16. The Bertz CT molecular complexity index is 1080. The van der Waals surface area contributed by atoms with Gasteiger partial charge in [0.1, 0.15) is 18.9 Å². The van der Waals surface area contributed by atoms with Crippen LogP contribution in [0.2, 0.25) is 0 Å². The zero-order chi connectivity index (χ0) is 22.7. The maximum atomic E-state index is 13.0. The van der Waals surface area contributed by atoms with E-state index in [9.17, 15) is 14.4 Å².